The van der Waals surface area contributed by atoms with E-state index in [0.717, 1.165) is 10.5 Å². The average molecular weight is 288 g/mol. The number of aryl methyl sites for hydroxylation is 1. The lowest BCUT2D eigenvalue weighted by atomic mass is 10.0. The van der Waals surface area contributed by atoms with Gasteiger partial charge in [-0.15, -0.1) is 0 Å². The summed E-state index contributed by atoms with van der Waals surface area (Å²) in [5, 5.41) is 2.55. The summed E-state index contributed by atoms with van der Waals surface area (Å²) in [6.45, 7) is 6.56. The lowest BCUT2D eigenvalue weighted by Gasteiger charge is -2.32. The lowest BCUT2D eigenvalue weighted by molar-refractivity contribution is -0.148. The van der Waals surface area contributed by atoms with Crippen molar-refractivity contribution in [2.24, 2.45) is 0 Å². The maximum Gasteiger partial charge on any atom is 0.268 e. The van der Waals surface area contributed by atoms with Crippen molar-refractivity contribution in [3.8, 4) is 5.75 Å². The number of nitrogens with one attached hydrogen (secondary N) is 1. The Hall–Kier alpha value is -2.63. The van der Waals surface area contributed by atoms with Crippen LogP contribution in [0.15, 0.2) is 30.5 Å². The highest BCUT2D eigenvalue weighted by Gasteiger charge is 2.39. The fourth-order valence-corrected chi connectivity index (χ4v) is 2.23. The lowest BCUT2D eigenvalue weighted by Crippen LogP contribution is -2.53. The van der Waals surface area contributed by atoms with E-state index in [4.69, 9.17) is 4.74 Å². The highest BCUT2D eigenvalue weighted by Crippen LogP contribution is 2.27. The molecule has 1 unspecified atom stereocenters. The Morgan fingerprint density at radius 3 is 2.62 bits per heavy atom. The molecule has 2 rings (SSSR count). The Labute approximate surface area is 122 Å². The van der Waals surface area contributed by atoms with E-state index in [2.05, 4.69) is 11.9 Å². The highest BCUT2D eigenvalue weighted by molar-refractivity contribution is 6.11. The van der Waals surface area contributed by atoms with E-state index in [0.29, 0.717) is 11.3 Å². The second-order valence-electron chi connectivity index (χ2n) is 4.77. The fourth-order valence-electron chi connectivity index (χ4n) is 2.23. The third-order valence-corrected chi connectivity index (χ3v) is 3.36. The van der Waals surface area contributed by atoms with Crippen LogP contribution in [0.3, 0.4) is 0 Å². The molecule has 1 aromatic rings. The summed E-state index contributed by atoms with van der Waals surface area (Å²) in [5.74, 6) is -1.01. The van der Waals surface area contributed by atoms with Gasteiger partial charge in [0.25, 0.3) is 11.8 Å². The molecule has 6 heteroatoms. The van der Waals surface area contributed by atoms with Crippen LogP contribution in [0.25, 0.3) is 0 Å². The van der Waals surface area contributed by atoms with Gasteiger partial charge in [0.2, 0.25) is 5.91 Å². The van der Waals surface area contributed by atoms with Crippen molar-refractivity contribution in [3.63, 3.8) is 0 Å². The number of carbonyl (C=O) groups excluding carboxylic acids is 3. The van der Waals surface area contributed by atoms with Crippen molar-refractivity contribution in [1.29, 1.82) is 0 Å². The largest absolute Gasteiger partial charge is 0.496 e. The van der Waals surface area contributed by atoms with E-state index in [1.54, 1.807) is 18.2 Å². The standard InChI is InChI=1S/C15H16N2O4/c1-8-5-6-11(7-12(8)21-4)13-15(20)17(10(3)18)9(2)14(19)16-13/h5-7,13H,2H2,1,3-4H3,(H,16,19). The first-order chi connectivity index (χ1) is 9.86. The molecule has 3 amide bonds. The quantitative estimate of drug-likeness (QED) is 0.826. The number of ether oxygens (including phenoxy) is 1. The first kappa shape index (κ1) is 14.8. The average Bonchev–Trinajstić information content (AvgIpc) is 2.43. The molecular weight excluding hydrogens is 272 g/mol. The molecule has 6 nitrogen and oxygen atoms in total. The third kappa shape index (κ3) is 2.52. The molecule has 0 spiro atoms. The monoisotopic (exact) mass is 288 g/mol. The molecule has 1 N–H and O–H groups in total. The van der Waals surface area contributed by atoms with Crippen molar-refractivity contribution < 1.29 is 19.1 Å². The Kier molecular flexibility index (Phi) is 3.80. The zero-order valence-electron chi connectivity index (χ0n) is 12.1. The molecule has 0 aromatic heterocycles. The molecule has 110 valence electrons. The molecule has 1 aliphatic heterocycles. The number of hydrogen-bond donors (Lipinski definition) is 1. The summed E-state index contributed by atoms with van der Waals surface area (Å²) in [4.78, 5) is 36.6. The number of amides is 3. The summed E-state index contributed by atoms with van der Waals surface area (Å²) in [6.07, 6.45) is 0. The summed E-state index contributed by atoms with van der Waals surface area (Å²) in [6, 6.07) is 4.24. The molecule has 1 saturated heterocycles. The van der Waals surface area contributed by atoms with E-state index in [9.17, 15) is 14.4 Å². The second kappa shape index (κ2) is 5.40. The number of nitrogens with zero attached hydrogens (tertiary/aromatic N) is 1. The van der Waals surface area contributed by atoms with Crippen LogP contribution < -0.4 is 10.1 Å². The first-order valence-electron chi connectivity index (χ1n) is 6.35. The van der Waals surface area contributed by atoms with Crippen molar-refractivity contribution in [1.82, 2.24) is 10.2 Å². The zero-order valence-corrected chi connectivity index (χ0v) is 12.1. The van der Waals surface area contributed by atoms with Crippen molar-refractivity contribution in [2.45, 2.75) is 19.9 Å². The number of benzene rings is 1. The Bertz CT molecular complexity index is 651. The number of rotatable bonds is 2. The molecule has 0 aliphatic carbocycles. The molecule has 1 aromatic carbocycles. The van der Waals surface area contributed by atoms with Gasteiger partial charge >= 0.3 is 0 Å². The van der Waals surface area contributed by atoms with Gasteiger partial charge in [-0.1, -0.05) is 18.7 Å². The van der Waals surface area contributed by atoms with Gasteiger partial charge in [0.1, 0.15) is 17.5 Å². The van der Waals surface area contributed by atoms with Crippen LogP contribution in [0.5, 0.6) is 5.75 Å². The van der Waals surface area contributed by atoms with Crippen LogP contribution in [0.1, 0.15) is 24.1 Å². The second-order valence-corrected chi connectivity index (χ2v) is 4.77. The van der Waals surface area contributed by atoms with E-state index in [-0.39, 0.29) is 5.70 Å². The van der Waals surface area contributed by atoms with Gasteiger partial charge in [-0.25, -0.2) is 4.90 Å². The number of hydrogen-bond acceptors (Lipinski definition) is 4. The summed E-state index contributed by atoms with van der Waals surface area (Å²) >= 11 is 0. The number of carbonyl (C=O) groups is 3. The first-order valence-corrected chi connectivity index (χ1v) is 6.35. The van der Waals surface area contributed by atoms with Crippen LogP contribution in [0, 0.1) is 6.92 Å². The number of piperazine rings is 1. The van der Waals surface area contributed by atoms with E-state index in [1.807, 2.05) is 6.92 Å². The van der Waals surface area contributed by atoms with Gasteiger partial charge < -0.3 is 10.1 Å². The minimum atomic E-state index is -0.929. The maximum atomic E-state index is 12.4. The molecule has 21 heavy (non-hydrogen) atoms. The van der Waals surface area contributed by atoms with Gasteiger partial charge in [-0.2, -0.15) is 0 Å². The minimum Gasteiger partial charge on any atom is -0.496 e. The topological polar surface area (TPSA) is 75.7 Å². The van der Waals surface area contributed by atoms with Crippen LogP contribution in [-0.4, -0.2) is 29.7 Å². The molecule has 0 saturated carbocycles. The fraction of sp³-hybridized carbons (Fsp3) is 0.267. The molecule has 1 aliphatic rings. The smallest absolute Gasteiger partial charge is 0.268 e. The molecule has 1 atom stereocenters. The number of imide groups is 1. The molecule has 0 radical (unpaired) electrons. The van der Waals surface area contributed by atoms with Gasteiger partial charge in [-0.3, -0.25) is 14.4 Å². The van der Waals surface area contributed by atoms with Crippen LogP contribution in [0.4, 0.5) is 0 Å². The Morgan fingerprint density at radius 1 is 1.38 bits per heavy atom. The maximum absolute atomic E-state index is 12.4. The van der Waals surface area contributed by atoms with Crippen LogP contribution in [0.2, 0.25) is 0 Å². The van der Waals surface area contributed by atoms with Crippen LogP contribution >= 0.6 is 0 Å². The number of methoxy groups -OCH3 is 1. The third-order valence-electron chi connectivity index (χ3n) is 3.36. The van der Waals surface area contributed by atoms with Gasteiger partial charge in [0.15, 0.2) is 0 Å². The summed E-state index contributed by atoms with van der Waals surface area (Å²) in [5.41, 5.74) is 1.29. The van der Waals surface area contributed by atoms with E-state index in [1.165, 1.54) is 14.0 Å². The van der Waals surface area contributed by atoms with Crippen molar-refractivity contribution >= 4 is 17.7 Å². The van der Waals surface area contributed by atoms with Crippen LogP contribution in [-0.2, 0) is 14.4 Å². The summed E-state index contributed by atoms with van der Waals surface area (Å²) in [7, 11) is 1.52. The summed E-state index contributed by atoms with van der Waals surface area (Å²) < 4.78 is 5.21. The van der Waals surface area contributed by atoms with Gasteiger partial charge in [-0.05, 0) is 24.1 Å². The Balaban J connectivity index is 2.44. The predicted octanol–water partition coefficient (Wildman–Crippen LogP) is 1.06. The molecule has 0 bridgehead atoms. The molecular formula is C15H16N2O4. The van der Waals surface area contributed by atoms with E-state index >= 15 is 0 Å². The van der Waals surface area contributed by atoms with Crippen molar-refractivity contribution in [3.05, 3.63) is 41.6 Å². The zero-order chi connectivity index (χ0) is 15.7. The highest BCUT2D eigenvalue weighted by atomic mass is 16.5. The van der Waals surface area contributed by atoms with Gasteiger partial charge in [0.05, 0.1) is 7.11 Å². The Morgan fingerprint density at radius 2 is 2.05 bits per heavy atom. The normalized spacial score (nSPS) is 18.5. The SMILES string of the molecule is C=C1C(=O)NC(c2ccc(C)c(OC)c2)C(=O)N1C(C)=O. The minimum absolute atomic E-state index is 0.164. The molecule has 1 heterocycles. The van der Waals surface area contributed by atoms with E-state index < -0.39 is 23.8 Å². The van der Waals surface area contributed by atoms with Crippen molar-refractivity contribution in [2.75, 3.05) is 7.11 Å². The molecule has 1 fully saturated rings. The van der Waals surface area contributed by atoms with Gasteiger partial charge in [0, 0.05) is 6.92 Å². The predicted molar refractivity (Wildman–Crippen MR) is 75.3 cm³/mol.